The molecule has 0 bridgehead atoms. The number of hydrogen-bond acceptors (Lipinski definition) is 3. The van der Waals surface area contributed by atoms with Crippen molar-refractivity contribution in [3.8, 4) is 28.0 Å². The lowest BCUT2D eigenvalue weighted by atomic mass is 9.90. The molecule has 3 aromatic rings. The van der Waals surface area contributed by atoms with Crippen LogP contribution in [0.4, 0.5) is 4.39 Å². The van der Waals surface area contributed by atoms with Gasteiger partial charge in [0.05, 0.1) is 6.61 Å². The van der Waals surface area contributed by atoms with E-state index in [9.17, 15) is 4.39 Å². The van der Waals surface area contributed by atoms with Crippen molar-refractivity contribution in [3.05, 3.63) is 76.3 Å². The van der Waals surface area contributed by atoms with Gasteiger partial charge in [-0.25, -0.2) is 4.39 Å². The molecule has 1 saturated heterocycles. The van der Waals surface area contributed by atoms with Crippen LogP contribution in [0.2, 0.25) is 5.02 Å². The van der Waals surface area contributed by atoms with E-state index in [2.05, 4.69) is 92.3 Å². The van der Waals surface area contributed by atoms with Gasteiger partial charge in [-0.05, 0) is 98.3 Å². The summed E-state index contributed by atoms with van der Waals surface area (Å²) in [7, 11) is 4.10. The molecule has 0 amide bonds. The van der Waals surface area contributed by atoms with Crippen LogP contribution in [0.1, 0.15) is 36.0 Å². The van der Waals surface area contributed by atoms with Crippen LogP contribution in [-0.2, 0) is 6.54 Å². The quantitative estimate of drug-likeness (QED) is 0.277. The standard InChI is InChI=1S/C31H38ClFN2O/c1-22-27(24-12-13-25(21-34(3)4)30(32)20-24)8-5-9-28(22)29-10-6-11-31(23(29)2)36-19-7-16-35-17-14-26(33)15-18-35/h5-6,8-13,20,26H,7,14-19,21H2,1-4H3. The van der Waals surface area contributed by atoms with E-state index in [1.807, 2.05) is 0 Å². The summed E-state index contributed by atoms with van der Waals surface area (Å²) >= 11 is 6.63. The first-order chi connectivity index (χ1) is 17.3. The fraction of sp³-hybridized carbons (Fsp3) is 0.419. The predicted molar refractivity (Wildman–Crippen MR) is 150 cm³/mol. The Morgan fingerprint density at radius 2 is 1.61 bits per heavy atom. The Morgan fingerprint density at radius 1 is 0.944 bits per heavy atom. The summed E-state index contributed by atoms with van der Waals surface area (Å²) in [6.45, 7) is 8.47. The van der Waals surface area contributed by atoms with Gasteiger partial charge in [0.2, 0.25) is 0 Å². The molecule has 3 aromatic carbocycles. The fourth-order valence-electron chi connectivity index (χ4n) is 5.08. The summed E-state index contributed by atoms with van der Waals surface area (Å²) in [6.07, 6.45) is 1.64. The molecule has 5 heteroatoms. The van der Waals surface area contributed by atoms with Crippen molar-refractivity contribution in [2.75, 3.05) is 40.3 Å². The van der Waals surface area contributed by atoms with Crippen LogP contribution >= 0.6 is 11.6 Å². The van der Waals surface area contributed by atoms with Crippen LogP contribution in [0, 0.1) is 13.8 Å². The van der Waals surface area contributed by atoms with Crippen molar-refractivity contribution in [2.45, 2.75) is 45.8 Å². The third kappa shape index (κ3) is 6.47. The Kier molecular flexibility index (Phi) is 9.05. The molecule has 1 aliphatic heterocycles. The molecule has 0 unspecified atom stereocenters. The molecular weight excluding hydrogens is 471 g/mol. The number of piperidine rings is 1. The average Bonchev–Trinajstić information content (AvgIpc) is 2.85. The number of hydrogen-bond donors (Lipinski definition) is 0. The molecule has 36 heavy (non-hydrogen) atoms. The van der Waals surface area contributed by atoms with E-state index in [-0.39, 0.29) is 0 Å². The van der Waals surface area contributed by atoms with Crippen LogP contribution in [0.15, 0.2) is 54.6 Å². The second-order valence-electron chi connectivity index (χ2n) is 10.2. The van der Waals surface area contributed by atoms with Crippen LogP contribution in [0.25, 0.3) is 22.3 Å². The molecule has 0 aliphatic carbocycles. The fourth-order valence-corrected chi connectivity index (χ4v) is 5.32. The summed E-state index contributed by atoms with van der Waals surface area (Å²) in [5, 5.41) is 0.798. The van der Waals surface area contributed by atoms with Gasteiger partial charge in [0.15, 0.2) is 0 Å². The first-order valence-electron chi connectivity index (χ1n) is 13.0. The molecule has 0 saturated carbocycles. The topological polar surface area (TPSA) is 15.7 Å². The Hall–Kier alpha value is -2.40. The van der Waals surface area contributed by atoms with Crippen molar-refractivity contribution < 1.29 is 9.13 Å². The zero-order chi connectivity index (χ0) is 25.7. The van der Waals surface area contributed by atoms with Gasteiger partial charge in [0.25, 0.3) is 0 Å². The highest BCUT2D eigenvalue weighted by Crippen LogP contribution is 2.37. The average molecular weight is 509 g/mol. The number of nitrogens with zero attached hydrogens (tertiary/aromatic N) is 2. The Morgan fingerprint density at radius 3 is 2.31 bits per heavy atom. The summed E-state index contributed by atoms with van der Waals surface area (Å²) in [4.78, 5) is 4.47. The van der Waals surface area contributed by atoms with Crippen molar-refractivity contribution in [1.29, 1.82) is 0 Å². The molecule has 4 rings (SSSR count). The Labute approximate surface area is 220 Å². The largest absolute Gasteiger partial charge is 0.493 e. The zero-order valence-corrected chi connectivity index (χ0v) is 22.7. The van der Waals surface area contributed by atoms with Crippen molar-refractivity contribution in [1.82, 2.24) is 9.80 Å². The molecule has 1 aliphatic rings. The number of benzene rings is 3. The van der Waals surface area contributed by atoms with E-state index in [0.717, 1.165) is 60.1 Å². The summed E-state index contributed by atoms with van der Waals surface area (Å²) < 4.78 is 19.6. The third-order valence-corrected chi connectivity index (χ3v) is 7.50. The number of likely N-dealkylation sites (tertiary alicyclic amines) is 1. The highest BCUT2D eigenvalue weighted by atomic mass is 35.5. The van der Waals surface area contributed by atoms with Gasteiger partial charge in [-0.3, -0.25) is 0 Å². The molecule has 1 fully saturated rings. The molecule has 0 atom stereocenters. The van der Waals surface area contributed by atoms with Crippen molar-refractivity contribution in [2.24, 2.45) is 0 Å². The predicted octanol–water partition coefficient (Wildman–Crippen LogP) is 7.56. The lowest BCUT2D eigenvalue weighted by molar-refractivity contribution is 0.143. The smallest absolute Gasteiger partial charge is 0.122 e. The van der Waals surface area contributed by atoms with Gasteiger partial charge < -0.3 is 14.5 Å². The molecule has 3 nitrogen and oxygen atoms in total. The van der Waals surface area contributed by atoms with Gasteiger partial charge in [-0.15, -0.1) is 0 Å². The monoisotopic (exact) mass is 508 g/mol. The molecule has 0 aromatic heterocycles. The van der Waals surface area contributed by atoms with E-state index in [4.69, 9.17) is 16.3 Å². The van der Waals surface area contributed by atoms with Gasteiger partial charge in [0, 0.05) is 31.2 Å². The molecule has 0 radical (unpaired) electrons. The molecule has 0 spiro atoms. The SMILES string of the molecule is Cc1c(OCCCN2CCC(F)CC2)cccc1-c1cccc(-c2ccc(CN(C)C)c(Cl)c2)c1C. The van der Waals surface area contributed by atoms with Crippen LogP contribution in [-0.4, -0.2) is 56.3 Å². The van der Waals surface area contributed by atoms with Gasteiger partial charge >= 0.3 is 0 Å². The summed E-state index contributed by atoms with van der Waals surface area (Å²) in [5.41, 5.74) is 8.22. The van der Waals surface area contributed by atoms with Crippen LogP contribution in [0.3, 0.4) is 0 Å². The lowest BCUT2D eigenvalue weighted by Gasteiger charge is -2.28. The number of alkyl halides is 1. The maximum atomic E-state index is 13.4. The highest BCUT2D eigenvalue weighted by molar-refractivity contribution is 6.31. The van der Waals surface area contributed by atoms with E-state index in [0.29, 0.717) is 19.4 Å². The first kappa shape index (κ1) is 26.7. The summed E-state index contributed by atoms with van der Waals surface area (Å²) in [6, 6.07) is 19.1. The van der Waals surface area contributed by atoms with E-state index < -0.39 is 6.17 Å². The van der Waals surface area contributed by atoms with Gasteiger partial charge in [-0.2, -0.15) is 0 Å². The van der Waals surface area contributed by atoms with E-state index in [1.165, 1.54) is 22.3 Å². The van der Waals surface area contributed by atoms with Gasteiger partial charge in [0.1, 0.15) is 11.9 Å². The first-order valence-corrected chi connectivity index (χ1v) is 13.3. The Bertz CT molecular complexity index is 1170. The summed E-state index contributed by atoms with van der Waals surface area (Å²) in [5.74, 6) is 0.927. The number of halogens is 2. The molecular formula is C31H38ClFN2O. The normalized spacial score (nSPS) is 15.0. The molecule has 192 valence electrons. The minimum absolute atomic E-state index is 0.621. The lowest BCUT2D eigenvalue weighted by Crippen LogP contribution is -2.35. The maximum absolute atomic E-state index is 13.4. The maximum Gasteiger partial charge on any atom is 0.122 e. The minimum Gasteiger partial charge on any atom is -0.493 e. The molecule has 0 N–H and O–H groups in total. The second-order valence-corrected chi connectivity index (χ2v) is 10.6. The second kappa shape index (κ2) is 12.2. The highest BCUT2D eigenvalue weighted by Gasteiger charge is 2.18. The molecule has 1 heterocycles. The van der Waals surface area contributed by atoms with E-state index >= 15 is 0 Å². The number of rotatable bonds is 9. The minimum atomic E-state index is -0.621. The van der Waals surface area contributed by atoms with Crippen molar-refractivity contribution >= 4 is 11.6 Å². The van der Waals surface area contributed by atoms with Crippen LogP contribution < -0.4 is 4.74 Å². The van der Waals surface area contributed by atoms with Crippen LogP contribution in [0.5, 0.6) is 5.75 Å². The third-order valence-electron chi connectivity index (χ3n) is 7.15. The Balaban J connectivity index is 1.48. The number of ether oxygens (including phenoxy) is 1. The van der Waals surface area contributed by atoms with Gasteiger partial charge in [-0.1, -0.05) is 54.1 Å². The van der Waals surface area contributed by atoms with Crippen molar-refractivity contribution in [3.63, 3.8) is 0 Å². The zero-order valence-electron chi connectivity index (χ0n) is 22.0. The van der Waals surface area contributed by atoms with E-state index in [1.54, 1.807) is 0 Å².